The summed E-state index contributed by atoms with van der Waals surface area (Å²) in [6.45, 7) is 3.68. The molecule has 0 unspecified atom stereocenters. The molecule has 4 rings (SSSR count). The highest BCUT2D eigenvalue weighted by Crippen LogP contribution is 2.26. The molecule has 1 atom stereocenters. The third-order valence-corrected chi connectivity index (χ3v) is 8.99. The van der Waals surface area contributed by atoms with E-state index < -0.39 is 34.3 Å². The molecule has 4 aromatic rings. The van der Waals surface area contributed by atoms with Crippen LogP contribution in [0.4, 0.5) is 10.1 Å². The first-order valence-corrected chi connectivity index (χ1v) is 16.1. The predicted molar refractivity (Wildman–Crippen MR) is 171 cm³/mol. The second-order valence-electron chi connectivity index (χ2n) is 10.8. The van der Waals surface area contributed by atoms with Gasteiger partial charge in [-0.3, -0.25) is 13.9 Å². The van der Waals surface area contributed by atoms with Gasteiger partial charge in [-0.1, -0.05) is 86.1 Å². The Morgan fingerprint density at radius 3 is 2.00 bits per heavy atom. The molecule has 0 fully saturated rings. The molecule has 230 valence electrons. The molecular formula is C34H35ClFN3O4S. The molecule has 4 aromatic carbocycles. The molecule has 0 saturated carbocycles. The fourth-order valence-corrected chi connectivity index (χ4v) is 6.18. The van der Waals surface area contributed by atoms with Gasteiger partial charge in [0, 0.05) is 24.5 Å². The standard InChI is InChI=1S/C34H35ClFN3O4S/c1-25(2)22-37-34(41)32(21-26-9-5-3-6-10-26)38(23-27-13-17-29(36)18-14-27)33(40)24-39(30-19-15-28(35)16-20-30)44(42,43)31-11-7-4-8-12-31/h3-20,25,32H,21-24H2,1-2H3,(H,37,41)/t32-/m0/s1. The average Bonchev–Trinajstić information content (AvgIpc) is 3.02. The molecule has 0 spiro atoms. The van der Waals surface area contributed by atoms with Crippen LogP contribution in [0, 0.1) is 11.7 Å². The fraction of sp³-hybridized carbons (Fsp3) is 0.235. The van der Waals surface area contributed by atoms with Crippen molar-refractivity contribution in [2.75, 3.05) is 17.4 Å². The van der Waals surface area contributed by atoms with Crippen molar-refractivity contribution in [2.24, 2.45) is 5.92 Å². The highest BCUT2D eigenvalue weighted by molar-refractivity contribution is 7.92. The van der Waals surface area contributed by atoms with Crippen molar-refractivity contribution in [3.05, 3.63) is 131 Å². The Hall–Kier alpha value is -4.21. The van der Waals surface area contributed by atoms with Gasteiger partial charge in [-0.05, 0) is 65.6 Å². The van der Waals surface area contributed by atoms with Crippen LogP contribution in [0.3, 0.4) is 0 Å². The van der Waals surface area contributed by atoms with Gasteiger partial charge in [0.25, 0.3) is 10.0 Å². The first-order chi connectivity index (χ1) is 21.0. The zero-order chi connectivity index (χ0) is 31.7. The van der Waals surface area contributed by atoms with Crippen LogP contribution in [0.15, 0.2) is 114 Å². The van der Waals surface area contributed by atoms with E-state index in [2.05, 4.69) is 5.32 Å². The Balaban J connectivity index is 1.78. The lowest BCUT2D eigenvalue weighted by Crippen LogP contribution is -2.53. The summed E-state index contributed by atoms with van der Waals surface area (Å²) >= 11 is 6.10. The van der Waals surface area contributed by atoms with E-state index in [1.54, 1.807) is 42.5 Å². The number of halogens is 2. The molecule has 10 heteroatoms. The monoisotopic (exact) mass is 635 g/mol. The number of nitrogens with zero attached hydrogens (tertiary/aromatic N) is 2. The molecule has 0 aliphatic heterocycles. The highest BCUT2D eigenvalue weighted by atomic mass is 35.5. The summed E-state index contributed by atoms with van der Waals surface area (Å²) in [5, 5.41) is 3.34. The number of anilines is 1. The number of nitrogens with one attached hydrogen (secondary N) is 1. The zero-order valence-corrected chi connectivity index (χ0v) is 26.1. The van der Waals surface area contributed by atoms with Crippen LogP contribution >= 0.6 is 11.6 Å². The molecule has 0 heterocycles. The van der Waals surface area contributed by atoms with E-state index >= 15 is 0 Å². The molecule has 0 aliphatic rings. The average molecular weight is 636 g/mol. The van der Waals surface area contributed by atoms with Crippen molar-refractivity contribution >= 4 is 39.1 Å². The minimum Gasteiger partial charge on any atom is -0.354 e. The molecule has 7 nitrogen and oxygen atoms in total. The van der Waals surface area contributed by atoms with Gasteiger partial charge in [0.1, 0.15) is 18.4 Å². The molecule has 2 amide bonds. The number of amides is 2. The van der Waals surface area contributed by atoms with Crippen LogP contribution in [0.1, 0.15) is 25.0 Å². The van der Waals surface area contributed by atoms with Crippen LogP contribution < -0.4 is 9.62 Å². The lowest BCUT2D eigenvalue weighted by atomic mass is 10.0. The minimum atomic E-state index is -4.21. The number of hydrogen-bond donors (Lipinski definition) is 1. The molecule has 0 aliphatic carbocycles. The second kappa shape index (κ2) is 15.0. The fourth-order valence-electron chi connectivity index (χ4n) is 4.62. The Kier molecular flexibility index (Phi) is 11.1. The van der Waals surface area contributed by atoms with E-state index in [4.69, 9.17) is 11.6 Å². The molecule has 0 radical (unpaired) electrons. The third-order valence-electron chi connectivity index (χ3n) is 6.95. The summed E-state index contributed by atoms with van der Waals surface area (Å²) in [7, 11) is -4.21. The third kappa shape index (κ3) is 8.67. The maximum atomic E-state index is 14.4. The maximum absolute atomic E-state index is 14.4. The second-order valence-corrected chi connectivity index (χ2v) is 13.1. The van der Waals surface area contributed by atoms with Gasteiger partial charge in [0.2, 0.25) is 11.8 Å². The number of benzene rings is 4. The van der Waals surface area contributed by atoms with Gasteiger partial charge in [-0.15, -0.1) is 0 Å². The lowest BCUT2D eigenvalue weighted by molar-refractivity contribution is -0.140. The lowest BCUT2D eigenvalue weighted by Gasteiger charge is -2.34. The highest BCUT2D eigenvalue weighted by Gasteiger charge is 2.34. The molecule has 0 saturated heterocycles. The molecule has 0 aromatic heterocycles. The summed E-state index contributed by atoms with van der Waals surface area (Å²) in [6.07, 6.45) is 0.185. The normalized spacial score (nSPS) is 12.0. The summed E-state index contributed by atoms with van der Waals surface area (Å²) in [5.41, 5.74) is 1.64. The first kappa shape index (κ1) is 32.7. The van der Waals surface area contributed by atoms with Crippen LogP contribution in [0.5, 0.6) is 0 Å². The predicted octanol–water partition coefficient (Wildman–Crippen LogP) is 6.09. The van der Waals surface area contributed by atoms with E-state index in [0.29, 0.717) is 17.1 Å². The van der Waals surface area contributed by atoms with Crippen molar-refractivity contribution < 1.29 is 22.4 Å². The van der Waals surface area contributed by atoms with Crippen molar-refractivity contribution in [1.82, 2.24) is 10.2 Å². The topological polar surface area (TPSA) is 86.8 Å². The number of carbonyl (C=O) groups excluding carboxylic acids is 2. The Morgan fingerprint density at radius 2 is 1.41 bits per heavy atom. The molecule has 0 bridgehead atoms. The van der Waals surface area contributed by atoms with Crippen molar-refractivity contribution in [2.45, 2.75) is 37.8 Å². The van der Waals surface area contributed by atoms with Crippen LogP contribution in [-0.2, 0) is 32.6 Å². The van der Waals surface area contributed by atoms with Gasteiger partial charge in [0.05, 0.1) is 10.6 Å². The maximum Gasteiger partial charge on any atom is 0.264 e. The van der Waals surface area contributed by atoms with Crippen molar-refractivity contribution in [3.63, 3.8) is 0 Å². The van der Waals surface area contributed by atoms with Crippen molar-refractivity contribution in [3.8, 4) is 0 Å². The van der Waals surface area contributed by atoms with Gasteiger partial charge in [-0.25, -0.2) is 12.8 Å². The van der Waals surface area contributed by atoms with E-state index in [9.17, 15) is 22.4 Å². The Bertz CT molecular complexity index is 1640. The van der Waals surface area contributed by atoms with Gasteiger partial charge in [0.15, 0.2) is 0 Å². The molecule has 44 heavy (non-hydrogen) atoms. The van der Waals surface area contributed by atoms with Gasteiger partial charge < -0.3 is 10.2 Å². The summed E-state index contributed by atoms with van der Waals surface area (Å²) in [5.74, 6) is -1.26. The van der Waals surface area contributed by atoms with Gasteiger partial charge >= 0.3 is 0 Å². The SMILES string of the molecule is CC(C)CNC(=O)[C@H](Cc1ccccc1)N(Cc1ccc(F)cc1)C(=O)CN(c1ccc(Cl)cc1)S(=O)(=O)c1ccccc1. The number of hydrogen-bond acceptors (Lipinski definition) is 4. The summed E-state index contributed by atoms with van der Waals surface area (Å²) in [4.78, 5) is 29.5. The van der Waals surface area contributed by atoms with Gasteiger partial charge in [-0.2, -0.15) is 0 Å². The van der Waals surface area contributed by atoms with E-state index in [-0.39, 0.29) is 35.4 Å². The van der Waals surface area contributed by atoms with Crippen LogP contribution in [-0.4, -0.2) is 44.3 Å². The quantitative estimate of drug-likeness (QED) is 0.193. The molecular weight excluding hydrogens is 601 g/mol. The van der Waals surface area contributed by atoms with Crippen LogP contribution in [0.2, 0.25) is 5.02 Å². The van der Waals surface area contributed by atoms with E-state index in [1.807, 2.05) is 44.2 Å². The number of sulfonamides is 1. The van der Waals surface area contributed by atoms with E-state index in [0.717, 1.165) is 9.87 Å². The summed E-state index contributed by atoms with van der Waals surface area (Å²) < 4.78 is 42.7. The summed E-state index contributed by atoms with van der Waals surface area (Å²) in [6, 6.07) is 27.9. The Morgan fingerprint density at radius 1 is 0.818 bits per heavy atom. The largest absolute Gasteiger partial charge is 0.354 e. The van der Waals surface area contributed by atoms with Crippen LogP contribution in [0.25, 0.3) is 0 Å². The smallest absolute Gasteiger partial charge is 0.264 e. The number of carbonyl (C=O) groups is 2. The molecule has 1 N–H and O–H groups in total. The zero-order valence-electron chi connectivity index (χ0n) is 24.6. The van der Waals surface area contributed by atoms with E-state index in [1.165, 1.54) is 41.3 Å². The number of rotatable bonds is 13. The first-order valence-electron chi connectivity index (χ1n) is 14.2. The van der Waals surface area contributed by atoms with Crippen molar-refractivity contribution in [1.29, 1.82) is 0 Å². The Labute approximate surface area is 263 Å². The minimum absolute atomic E-state index is 0.00310.